The smallest absolute Gasteiger partial charge is 0.193 e. The van der Waals surface area contributed by atoms with Crippen molar-refractivity contribution in [3.05, 3.63) is 30.3 Å². The third kappa shape index (κ3) is 5.71. The molecule has 1 fully saturated rings. The zero-order chi connectivity index (χ0) is 11.9. The standard InChI is InChI=1S/C12H17N3S2.HI/c13-12(15-10-4-2-1-3-5-10)14-8-11-9-16-6-7-17-11;/h1-5,11H,6-9H2,(H3,13,14,15);1H. The number of anilines is 1. The Morgan fingerprint density at radius 1 is 1.33 bits per heavy atom. The molecule has 18 heavy (non-hydrogen) atoms. The number of thioether (sulfide) groups is 2. The van der Waals surface area contributed by atoms with Crippen LogP contribution < -0.4 is 11.1 Å². The van der Waals surface area contributed by atoms with Gasteiger partial charge in [0.05, 0.1) is 6.54 Å². The zero-order valence-electron chi connectivity index (χ0n) is 10.0. The molecule has 0 bridgehead atoms. The first kappa shape index (κ1) is 16.0. The Kier molecular flexibility index (Phi) is 7.92. The molecule has 1 aliphatic heterocycles. The molecule has 100 valence electrons. The molecule has 1 heterocycles. The lowest BCUT2D eigenvalue weighted by molar-refractivity contribution is 0.953. The minimum atomic E-state index is 0. The van der Waals surface area contributed by atoms with Crippen LogP contribution in [0.25, 0.3) is 0 Å². The molecule has 1 saturated heterocycles. The van der Waals surface area contributed by atoms with E-state index < -0.39 is 0 Å². The maximum Gasteiger partial charge on any atom is 0.193 e. The summed E-state index contributed by atoms with van der Waals surface area (Å²) in [5.41, 5.74) is 6.83. The van der Waals surface area contributed by atoms with Crippen LogP contribution in [0, 0.1) is 0 Å². The van der Waals surface area contributed by atoms with Crippen LogP contribution in [-0.4, -0.2) is 35.0 Å². The molecule has 1 aromatic rings. The minimum Gasteiger partial charge on any atom is -0.370 e. The summed E-state index contributed by atoms with van der Waals surface area (Å²) < 4.78 is 0. The average Bonchev–Trinajstić information content (AvgIpc) is 2.39. The number of nitrogens with zero attached hydrogens (tertiary/aromatic N) is 1. The van der Waals surface area contributed by atoms with E-state index in [2.05, 4.69) is 10.3 Å². The highest BCUT2D eigenvalue weighted by Gasteiger charge is 2.13. The summed E-state index contributed by atoms with van der Waals surface area (Å²) in [6.45, 7) is 0.809. The zero-order valence-corrected chi connectivity index (χ0v) is 14.0. The van der Waals surface area contributed by atoms with Gasteiger partial charge in [-0.15, -0.1) is 24.0 Å². The van der Waals surface area contributed by atoms with Crippen LogP contribution in [0.1, 0.15) is 0 Å². The molecule has 0 aromatic heterocycles. The summed E-state index contributed by atoms with van der Waals surface area (Å²) in [6.07, 6.45) is 0. The van der Waals surface area contributed by atoms with Gasteiger partial charge in [0.15, 0.2) is 5.96 Å². The summed E-state index contributed by atoms with van der Waals surface area (Å²) in [7, 11) is 0. The molecule has 0 spiro atoms. The fraction of sp³-hybridized carbons (Fsp3) is 0.417. The Bertz CT molecular complexity index is 367. The molecule has 1 aliphatic rings. The number of aliphatic imine (C=N–C) groups is 1. The van der Waals surface area contributed by atoms with Gasteiger partial charge in [0.25, 0.3) is 0 Å². The van der Waals surface area contributed by atoms with Gasteiger partial charge in [-0.1, -0.05) is 18.2 Å². The Morgan fingerprint density at radius 3 is 2.78 bits per heavy atom. The van der Waals surface area contributed by atoms with Gasteiger partial charge in [0, 0.05) is 28.2 Å². The number of guanidine groups is 1. The van der Waals surface area contributed by atoms with Gasteiger partial charge in [0.2, 0.25) is 0 Å². The molecule has 1 unspecified atom stereocenters. The molecule has 0 amide bonds. The molecular weight excluding hydrogens is 377 g/mol. The number of nitrogens with one attached hydrogen (secondary N) is 1. The molecular formula is C12H18IN3S2. The van der Waals surface area contributed by atoms with Crippen LogP contribution in [0.15, 0.2) is 35.3 Å². The van der Waals surface area contributed by atoms with Crippen molar-refractivity contribution in [1.29, 1.82) is 0 Å². The van der Waals surface area contributed by atoms with Gasteiger partial charge in [-0.25, -0.2) is 0 Å². The molecule has 0 aliphatic carbocycles. The van der Waals surface area contributed by atoms with Crippen molar-refractivity contribution in [1.82, 2.24) is 0 Å². The highest BCUT2D eigenvalue weighted by molar-refractivity contribution is 14.0. The van der Waals surface area contributed by atoms with Gasteiger partial charge in [-0.05, 0) is 12.1 Å². The SMILES string of the molecule is I.NC(=NCC1CSCCS1)Nc1ccccc1. The van der Waals surface area contributed by atoms with Gasteiger partial charge in [-0.3, -0.25) is 4.99 Å². The Hall–Kier alpha value is -0.0800. The second-order valence-electron chi connectivity index (χ2n) is 3.78. The molecule has 1 atom stereocenters. The fourth-order valence-electron chi connectivity index (χ4n) is 1.55. The Balaban J connectivity index is 0.00000162. The van der Waals surface area contributed by atoms with Crippen molar-refractivity contribution in [3.8, 4) is 0 Å². The molecule has 1 aromatic carbocycles. The first-order chi connectivity index (χ1) is 8.34. The van der Waals surface area contributed by atoms with E-state index in [0.717, 1.165) is 12.2 Å². The van der Waals surface area contributed by atoms with E-state index in [1.807, 2.05) is 53.9 Å². The fourth-order valence-corrected chi connectivity index (χ4v) is 4.13. The van der Waals surface area contributed by atoms with Crippen LogP contribution in [-0.2, 0) is 0 Å². The third-order valence-electron chi connectivity index (χ3n) is 2.40. The number of rotatable bonds is 3. The Morgan fingerprint density at radius 2 is 2.11 bits per heavy atom. The highest BCUT2D eigenvalue weighted by Crippen LogP contribution is 2.23. The van der Waals surface area contributed by atoms with Crippen molar-refractivity contribution in [3.63, 3.8) is 0 Å². The summed E-state index contributed by atoms with van der Waals surface area (Å²) >= 11 is 4.01. The van der Waals surface area contributed by atoms with E-state index in [0.29, 0.717) is 11.2 Å². The topological polar surface area (TPSA) is 50.4 Å². The molecule has 3 nitrogen and oxygen atoms in total. The summed E-state index contributed by atoms with van der Waals surface area (Å²) in [5, 5.41) is 3.71. The molecule has 3 N–H and O–H groups in total. The summed E-state index contributed by atoms with van der Waals surface area (Å²) in [5.74, 6) is 4.19. The molecule has 0 saturated carbocycles. The second kappa shape index (κ2) is 8.92. The first-order valence-corrected chi connectivity index (χ1v) is 7.86. The van der Waals surface area contributed by atoms with Crippen molar-refractivity contribution in [2.24, 2.45) is 10.7 Å². The van der Waals surface area contributed by atoms with Crippen molar-refractivity contribution >= 4 is 59.1 Å². The normalized spacial score (nSPS) is 20.0. The maximum absolute atomic E-state index is 5.85. The average molecular weight is 395 g/mol. The van der Waals surface area contributed by atoms with Gasteiger partial charge < -0.3 is 11.1 Å². The van der Waals surface area contributed by atoms with Crippen LogP contribution in [0.2, 0.25) is 0 Å². The predicted molar refractivity (Wildman–Crippen MR) is 95.5 cm³/mol. The van der Waals surface area contributed by atoms with Crippen molar-refractivity contribution in [2.75, 3.05) is 29.1 Å². The third-order valence-corrected chi connectivity index (χ3v) is 5.22. The lowest BCUT2D eigenvalue weighted by Crippen LogP contribution is -2.25. The minimum absolute atomic E-state index is 0. The lowest BCUT2D eigenvalue weighted by atomic mass is 10.3. The van der Waals surface area contributed by atoms with Crippen LogP contribution in [0.3, 0.4) is 0 Å². The number of nitrogens with two attached hydrogens (primary N) is 1. The van der Waals surface area contributed by atoms with E-state index in [-0.39, 0.29) is 24.0 Å². The molecule has 6 heteroatoms. The Labute approximate surface area is 134 Å². The monoisotopic (exact) mass is 395 g/mol. The van der Waals surface area contributed by atoms with Gasteiger partial charge in [-0.2, -0.15) is 23.5 Å². The van der Waals surface area contributed by atoms with Gasteiger partial charge >= 0.3 is 0 Å². The molecule has 2 rings (SSSR count). The number of hydrogen-bond donors (Lipinski definition) is 2. The van der Waals surface area contributed by atoms with E-state index in [1.54, 1.807) is 0 Å². The van der Waals surface area contributed by atoms with Crippen LogP contribution >= 0.6 is 47.5 Å². The quantitative estimate of drug-likeness (QED) is 0.470. The molecule has 0 radical (unpaired) electrons. The summed E-state index contributed by atoms with van der Waals surface area (Å²) in [4.78, 5) is 4.39. The van der Waals surface area contributed by atoms with Gasteiger partial charge in [0.1, 0.15) is 0 Å². The largest absolute Gasteiger partial charge is 0.370 e. The number of hydrogen-bond acceptors (Lipinski definition) is 3. The van der Waals surface area contributed by atoms with E-state index in [1.165, 1.54) is 17.3 Å². The van der Waals surface area contributed by atoms with Crippen LogP contribution in [0.4, 0.5) is 5.69 Å². The van der Waals surface area contributed by atoms with E-state index in [9.17, 15) is 0 Å². The first-order valence-electron chi connectivity index (χ1n) is 5.66. The summed E-state index contributed by atoms with van der Waals surface area (Å²) in [6, 6.07) is 9.89. The number of benzene rings is 1. The highest BCUT2D eigenvalue weighted by atomic mass is 127. The van der Waals surface area contributed by atoms with E-state index in [4.69, 9.17) is 5.73 Å². The number of para-hydroxylation sites is 1. The van der Waals surface area contributed by atoms with Crippen molar-refractivity contribution < 1.29 is 0 Å². The lowest BCUT2D eigenvalue weighted by Gasteiger charge is -2.19. The second-order valence-corrected chi connectivity index (χ2v) is 6.34. The number of halogens is 1. The van der Waals surface area contributed by atoms with E-state index >= 15 is 0 Å². The predicted octanol–water partition coefficient (Wildman–Crippen LogP) is 2.88. The van der Waals surface area contributed by atoms with Crippen molar-refractivity contribution in [2.45, 2.75) is 5.25 Å². The van der Waals surface area contributed by atoms with Crippen LogP contribution in [0.5, 0.6) is 0 Å². The maximum atomic E-state index is 5.85.